The second kappa shape index (κ2) is 8.84. The van der Waals surface area contributed by atoms with E-state index in [0.29, 0.717) is 29.3 Å². The van der Waals surface area contributed by atoms with Crippen LogP contribution in [0.5, 0.6) is 0 Å². The second-order valence-corrected chi connectivity index (χ2v) is 8.14. The fourth-order valence-electron chi connectivity index (χ4n) is 3.39. The summed E-state index contributed by atoms with van der Waals surface area (Å²) < 4.78 is 19.0. The summed E-state index contributed by atoms with van der Waals surface area (Å²) in [6.45, 7) is 5.88. The van der Waals surface area contributed by atoms with Crippen LogP contribution in [0, 0.1) is 12.7 Å². The zero-order valence-corrected chi connectivity index (χ0v) is 17.1. The minimum absolute atomic E-state index is 0.130. The van der Waals surface area contributed by atoms with Gasteiger partial charge in [-0.05, 0) is 43.0 Å². The molecule has 2 aromatic heterocycles. The van der Waals surface area contributed by atoms with Crippen molar-refractivity contribution in [2.24, 2.45) is 0 Å². The summed E-state index contributed by atoms with van der Waals surface area (Å²) in [6.07, 6.45) is 1.57. The zero-order valence-electron chi connectivity index (χ0n) is 16.3. The van der Waals surface area contributed by atoms with E-state index in [1.807, 2.05) is 22.4 Å². The lowest BCUT2D eigenvalue weighted by atomic mass is 10.1. The third-order valence-electron chi connectivity index (χ3n) is 5.15. The maximum atomic E-state index is 13.7. The van der Waals surface area contributed by atoms with Gasteiger partial charge < -0.3 is 9.42 Å². The maximum absolute atomic E-state index is 13.7. The molecular weight excluding hydrogens is 391 g/mol. The molecule has 8 heteroatoms. The van der Waals surface area contributed by atoms with Crippen LogP contribution < -0.4 is 0 Å². The van der Waals surface area contributed by atoms with E-state index < -0.39 is 0 Å². The molecule has 0 aliphatic carbocycles. The number of halogens is 1. The number of aromatic nitrogens is 2. The molecular formula is C21H23FN4O2S. The molecule has 3 heterocycles. The highest BCUT2D eigenvalue weighted by Crippen LogP contribution is 2.19. The monoisotopic (exact) mass is 414 g/mol. The average molecular weight is 415 g/mol. The van der Waals surface area contributed by atoms with Crippen LogP contribution >= 0.6 is 11.3 Å². The minimum Gasteiger partial charge on any atom is -0.339 e. The largest absolute Gasteiger partial charge is 0.339 e. The highest BCUT2D eigenvalue weighted by molar-refractivity contribution is 7.12. The van der Waals surface area contributed by atoms with Gasteiger partial charge >= 0.3 is 0 Å². The van der Waals surface area contributed by atoms with Crippen molar-refractivity contribution in [3.63, 3.8) is 0 Å². The zero-order chi connectivity index (χ0) is 20.2. The van der Waals surface area contributed by atoms with Crippen molar-refractivity contribution in [3.05, 3.63) is 57.9 Å². The number of amides is 1. The Morgan fingerprint density at radius 3 is 2.79 bits per heavy atom. The van der Waals surface area contributed by atoms with Gasteiger partial charge in [-0.2, -0.15) is 4.98 Å². The van der Waals surface area contributed by atoms with E-state index in [0.717, 1.165) is 44.0 Å². The molecule has 1 aliphatic heterocycles. The highest BCUT2D eigenvalue weighted by Gasteiger charge is 2.22. The number of carbonyl (C=O) groups excluding carboxylic acids is 1. The Hall–Kier alpha value is -2.58. The summed E-state index contributed by atoms with van der Waals surface area (Å²) in [7, 11) is 0. The van der Waals surface area contributed by atoms with Crippen LogP contribution in [-0.4, -0.2) is 58.6 Å². The Morgan fingerprint density at radius 1 is 1.24 bits per heavy atom. The molecule has 3 aromatic rings. The summed E-state index contributed by atoms with van der Waals surface area (Å²) in [5.41, 5.74) is 1.21. The molecule has 1 fully saturated rings. The van der Waals surface area contributed by atoms with Crippen LogP contribution in [0.1, 0.15) is 27.5 Å². The third-order valence-corrected chi connectivity index (χ3v) is 6.01. The molecule has 0 N–H and O–H groups in total. The van der Waals surface area contributed by atoms with E-state index in [-0.39, 0.29) is 11.7 Å². The van der Waals surface area contributed by atoms with E-state index in [1.165, 1.54) is 17.4 Å². The van der Waals surface area contributed by atoms with Crippen molar-refractivity contribution in [1.29, 1.82) is 0 Å². The molecule has 1 aliphatic rings. The first-order chi connectivity index (χ1) is 14.1. The van der Waals surface area contributed by atoms with E-state index in [4.69, 9.17) is 4.52 Å². The van der Waals surface area contributed by atoms with E-state index in [2.05, 4.69) is 15.0 Å². The molecule has 0 spiro atoms. The predicted octanol–water partition coefficient (Wildman–Crippen LogP) is 3.64. The lowest BCUT2D eigenvalue weighted by Gasteiger charge is -2.34. The maximum Gasteiger partial charge on any atom is 0.264 e. The normalized spacial score (nSPS) is 15.0. The van der Waals surface area contributed by atoms with Crippen molar-refractivity contribution in [2.45, 2.75) is 19.8 Å². The van der Waals surface area contributed by atoms with Crippen molar-refractivity contribution in [2.75, 3.05) is 32.7 Å². The van der Waals surface area contributed by atoms with Crippen LogP contribution in [0.3, 0.4) is 0 Å². The Labute approximate surface area is 172 Å². The topological polar surface area (TPSA) is 62.5 Å². The lowest BCUT2D eigenvalue weighted by molar-refractivity contribution is 0.0640. The number of hydrogen-bond donors (Lipinski definition) is 0. The van der Waals surface area contributed by atoms with Gasteiger partial charge in [0.1, 0.15) is 5.82 Å². The van der Waals surface area contributed by atoms with Gasteiger partial charge in [0, 0.05) is 38.2 Å². The Bertz CT molecular complexity index is 965. The second-order valence-electron chi connectivity index (χ2n) is 7.19. The fraction of sp³-hybridized carbons (Fsp3) is 0.381. The van der Waals surface area contributed by atoms with E-state index >= 15 is 0 Å². The molecule has 0 radical (unpaired) electrons. The summed E-state index contributed by atoms with van der Waals surface area (Å²) in [5, 5.41) is 5.90. The minimum atomic E-state index is -0.273. The van der Waals surface area contributed by atoms with Gasteiger partial charge in [0.15, 0.2) is 0 Å². The lowest BCUT2D eigenvalue weighted by Crippen LogP contribution is -2.48. The first kappa shape index (κ1) is 19.7. The fourth-order valence-corrected chi connectivity index (χ4v) is 4.08. The summed E-state index contributed by atoms with van der Waals surface area (Å²) >= 11 is 1.49. The molecule has 6 nitrogen and oxygen atoms in total. The first-order valence-corrected chi connectivity index (χ1v) is 10.6. The molecule has 152 valence electrons. The quantitative estimate of drug-likeness (QED) is 0.616. The van der Waals surface area contributed by atoms with Crippen LogP contribution in [-0.2, 0) is 6.42 Å². The molecule has 0 atom stereocenters. The van der Waals surface area contributed by atoms with Gasteiger partial charge in [-0.3, -0.25) is 9.69 Å². The number of rotatable bonds is 6. The summed E-state index contributed by atoms with van der Waals surface area (Å²) in [4.78, 5) is 21.9. The van der Waals surface area contributed by atoms with Crippen molar-refractivity contribution in [3.8, 4) is 11.4 Å². The van der Waals surface area contributed by atoms with Gasteiger partial charge in [0.05, 0.1) is 4.88 Å². The van der Waals surface area contributed by atoms with Gasteiger partial charge in [-0.1, -0.05) is 23.4 Å². The molecule has 4 rings (SSSR count). The van der Waals surface area contributed by atoms with Gasteiger partial charge in [0.2, 0.25) is 11.7 Å². The molecule has 0 unspecified atom stereocenters. The molecule has 0 saturated carbocycles. The molecule has 29 heavy (non-hydrogen) atoms. The molecule has 1 amide bonds. The van der Waals surface area contributed by atoms with E-state index in [9.17, 15) is 9.18 Å². The van der Waals surface area contributed by atoms with Gasteiger partial charge in [-0.25, -0.2) is 4.39 Å². The number of aryl methyl sites for hydroxylation is 2. The first-order valence-electron chi connectivity index (χ1n) is 9.74. The van der Waals surface area contributed by atoms with Crippen LogP contribution in [0.25, 0.3) is 11.4 Å². The Kier molecular flexibility index (Phi) is 6.01. The van der Waals surface area contributed by atoms with E-state index in [1.54, 1.807) is 19.1 Å². The average Bonchev–Trinajstić information content (AvgIpc) is 3.42. The number of piperazine rings is 1. The number of hydrogen-bond acceptors (Lipinski definition) is 6. The SMILES string of the molecule is Cc1ccc(-c2noc(CCCN3CCN(C(=O)c4cccs4)CC3)n2)cc1F. The number of carbonyl (C=O) groups is 1. The number of nitrogens with zero attached hydrogens (tertiary/aromatic N) is 4. The Balaban J connectivity index is 1.23. The predicted molar refractivity (Wildman–Crippen MR) is 109 cm³/mol. The number of thiophene rings is 1. The van der Waals surface area contributed by atoms with Crippen molar-refractivity contribution >= 4 is 17.2 Å². The Morgan fingerprint density at radius 2 is 2.07 bits per heavy atom. The van der Waals surface area contributed by atoms with Gasteiger partial charge in [0.25, 0.3) is 5.91 Å². The van der Waals surface area contributed by atoms with Crippen molar-refractivity contribution < 1.29 is 13.7 Å². The summed E-state index contributed by atoms with van der Waals surface area (Å²) in [6, 6.07) is 8.73. The third kappa shape index (κ3) is 4.71. The standard InChI is InChI=1S/C21H23FN4O2S/c1-15-6-7-16(14-17(15)22)20-23-19(28-24-20)5-2-8-25-9-11-26(12-10-25)21(27)18-4-3-13-29-18/h3-4,6-7,13-14H,2,5,8-12H2,1H3. The van der Waals surface area contributed by atoms with Crippen molar-refractivity contribution in [1.82, 2.24) is 19.9 Å². The van der Waals surface area contributed by atoms with Gasteiger partial charge in [-0.15, -0.1) is 11.3 Å². The molecule has 1 saturated heterocycles. The smallest absolute Gasteiger partial charge is 0.264 e. The van der Waals surface area contributed by atoms with Crippen LogP contribution in [0.4, 0.5) is 4.39 Å². The summed E-state index contributed by atoms with van der Waals surface area (Å²) in [5.74, 6) is 0.836. The van der Waals surface area contributed by atoms with Crippen LogP contribution in [0.15, 0.2) is 40.2 Å². The molecule has 0 bridgehead atoms. The van der Waals surface area contributed by atoms with Crippen LogP contribution in [0.2, 0.25) is 0 Å². The highest BCUT2D eigenvalue weighted by atomic mass is 32.1. The molecule has 1 aromatic carbocycles. The number of benzene rings is 1.